The lowest BCUT2D eigenvalue weighted by Crippen LogP contribution is -1.91. The van der Waals surface area contributed by atoms with Crippen LogP contribution < -0.4 is 4.74 Å². The maximum Gasteiger partial charge on any atom is 0.174 e. The molecule has 1 heterocycles. The zero-order valence-corrected chi connectivity index (χ0v) is 10.5. The van der Waals surface area contributed by atoms with Gasteiger partial charge in [-0.3, -0.25) is 0 Å². The Morgan fingerprint density at radius 1 is 1.38 bits per heavy atom. The van der Waals surface area contributed by atoms with Gasteiger partial charge in [0.2, 0.25) is 0 Å². The summed E-state index contributed by atoms with van der Waals surface area (Å²) >= 11 is 11.0. The fourth-order valence-electron chi connectivity index (χ4n) is 1.68. The van der Waals surface area contributed by atoms with Crippen molar-refractivity contribution in [3.8, 4) is 17.0 Å². The standard InChI is InChI=1S/C11H11ClN2OS/c1-6-3-7(12)4-8(10(6)15-2)9-5-13-11(16)14-9/h3-5H,1-2H3,(H2,13,14,16). The van der Waals surface area contributed by atoms with Crippen molar-refractivity contribution >= 4 is 23.8 Å². The fourth-order valence-corrected chi connectivity index (χ4v) is 2.12. The number of hydrogen-bond donors (Lipinski definition) is 2. The van der Waals surface area contributed by atoms with Crippen LogP contribution in [0.5, 0.6) is 5.75 Å². The van der Waals surface area contributed by atoms with Crippen LogP contribution in [0.1, 0.15) is 5.56 Å². The smallest absolute Gasteiger partial charge is 0.174 e. The minimum atomic E-state index is 0.578. The molecule has 0 aliphatic carbocycles. The molecule has 0 aliphatic heterocycles. The highest BCUT2D eigenvalue weighted by molar-refractivity contribution is 7.71. The van der Waals surface area contributed by atoms with Crippen molar-refractivity contribution in [1.29, 1.82) is 0 Å². The van der Waals surface area contributed by atoms with Crippen molar-refractivity contribution in [3.63, 3.8) is 0 Å². The molecule has 16 heavy (non-hydrogen) atoms. The number of ether oxygens (including phenoxy) is 1. The zero-order chi connectivity index (χ0) is 11.7. The Labute approximate surface area is 103 Å². The summed E-state index contributed by atoms with van der Waals surface area (Å²) in [5.41, 5.74) is 2.76. The molecule has 1 aromatic heterocycles. The first-order valence-electron chi connectivity index (χ1n) is 4.74. The molecule has 2 rings (SSSR count). The second-order valence-electron chi connectivity index (χ2n) is 3.46. The van der Waals surface area contributed by atoms with E-state index in [1.807, 2.05) is 19.1 Å². The van der Waals surface area contributed by atoms with Crippen molar-refractivity contribution in [1.82, 2.24) is 9.97 Å². The van der Waals surface area contributed by atoms with Gasteiger partial charge in [-0.1, -0.05) is 11.6 Å². The summed E-state index contributed by atoms with van der Waals surface area (Å²) < 4.78 is 5.95. The van der Waals surface area contributed by atoms with E-state index in [0.29, 0.717) is 9.79 Å². The number of methoxy groups -OCH3 is 1. The van der Waals surface area contributed by atoms with Gasteiger partial charge in [0.1, 0.15) is 5.75 Å². The van der Waals surface area contributed by atoms with E-state index in [1.54, 1.807) is 13.3 Å². The molecular formula is C11H11ClN2OS. The molecule has 0 atom stereocenters. The molecular weight excluding hydrogens is 244 g/mol. The van der Waals surface area contributed by atoms with Crippen molar-refractivity contribution in [2.45, 2.75) is 6.92 Å². The largest absolute Gasteiger partial charge is 0.496 e. The van der Waals surface area contributed by atoms with Crippen LogP contribution in [0.4, 0.5) is 0 Å². The molecule has 0 fully saturated rings. The van der Waals surface area contributed by atoms with Crippen LogP contribution in [0.2, 0.25) is 5.02 Å². The number of benzene rings is 1. The van der Waals surface area contributed by atoms with Gasteiger partial charge in [0.25, 0.3) is 0 Å². The van der Waals surface area contributed by atoms with E-state index in [4.69, 9.17) is 28.6 Å². The third kappa shape index (κ3) is 1.99. The normalized spacial score (nSPS) is 10.4. The van der Waals surface area contributed by atoms with Gasteiger partial charge in [-0.25, -0.2) is 0 Å². The van der Waals surface area contributed by atoms with E-state index in [-0.39, 0.29) is 0 Å². The lowest BCUT2D eigenvalue weighted by atomic mass is 10.1. The summed E-state index contributed by atoms with van der Waals surface area (Å²) in [5, 5.41) is 0.675. The van der Waals surface area contributed by atoms with E-state index in [0.717, 1.165) is 22.6 Å². The monoisotopic (exact) mass is 254 g/mol. The van der Waals surface area contributed by atoms with Crippen molar-refractivity contribution in [2.75, 3.05) is 7.11 Å². The number of H-pyrrole nitrogens is 2. The van der Waals surface area contributed by atoms with E-state index in [9.17, 15) is 0 Å². The molecule has 0 radical (unpaired) electrons. The average Bonchev–Trinajstić information content (AvgIpc) is 2.63. The van der Waals surface area contributed by atoms with E-state index < -0.39 is 0 Å². The highest BCUT2D eigenvalue weighted by Gasteiger charge is 2.11. The summed E-state index contributed by atoms with van der Waals surface area (Å²) in [7, 11) is 1.64. The second-order valence-corrected chi connectivity index (χ2v) is 4.30. The van der Waals surface area contributed by atoms with E-state index in [2.05, 4.69) is 9.97 Å². The molecule has 1 aromatic carbocycles. The number of aromatic nitrogens is 2. The predicted molar refractivity (Wildman–Crippen MR) is 67.7 cm³/mol. The number of aromatic amines is 2. The SMILES string of the molecule is COc1c(C)cc(Cl)cc1-c1c[nH]c(=S)[nH]1. The highest BCUT2D eigenvalue weighted by atomic mass is 35.5. The second kappa shape index (κ2) is 4.31. The molecule has 0 amide bonds. The van der Waals surface area contributed by atoms with Gasteiger partial charge in [0.15, 0.2) is 4.77 Å². The van der Waals surface area contributed by atoms with Crippen molar-refractivity contribution < 1.29 is 4.74 Å². The number of halogens is 1. The third-order valence-corrected chi connectivity index (χ3v) is 2.77. The molecule has 0 spiro atoms. The summed E-state index contributed by atoms with van der Waals surface area (Å²) in [6.07, 6.45) is 1.80. The maximum atomic E-state index is 6.03. The Morgan fingerprint density at radius 3 is 2.69 bits per heavy atom. The van der Waals surface area contributed by atoms with Crippen molar-refractivity contribution in [2.24, 2.45) is 0 Å². The quantitative estimate of drug-likeness (QED) is 0.802. The number of aryl methyl sites for hydroxylation is 1. The molecule has 3 nitrogen and oxygen atoms in total. The number of nitrogens with one attached hydrogen (secondary N) is 2. The van der Waals surface area contributed by atoms with Crippen LogP contribution >= 0.6 is 23.8 Å². The lowest BCUT2D eigenvalue weighted by molar-refractivity contribution is 0.413. The Bertz CT molecular complexity index is 574. The van der Waals surface area contributed by atoms with Gasteiger partial charge in [0, 0.05) is 16.8 Å². The van der Waals surface area contributed by atoms with Gasteiger partial charge < -0.3 is 14.7 Å². The predicted octanol–water partition coefficient (Wildman–Crippen LogP) is 3.71. The number of rotatable bonds is 2. The topological polar surface area (TPSA) is 40.8 Å². The first-order valence-corrected chi connectivity index (χ1v) is 5.52. The molecule has 0 saturated heterocycles. The summed E-state index contributed by atoms with van der Waals surface area (Å²) in [5.74, 6) is 0.801. The van der Waals surface area contributed by atoms with Crippen LogP contribution in [-0.2, 0) is 0 Å². The molecule has 0 unspecified atom stereocenters. The third-order valence-electron chi connectivity index (χ3n) is 2.33. The Morgan fingerprint density at radius 2 is 2.12 bits per heavy atom. The number of imidazole rings is 1. The lowest BCUT2D eigenvalue weighted by Gasteiger charge is -2.10. The molecule has 0 bridgehead atoms. The average molecular weight is 255 g/mol. The summed E-state index contributed by atoms with van der Waals surface area (Å²) in [6.45, 7) is 1.95. The minimum absolute atomic E-state index is 0.578. The first-order chi connectivity index (χ1) is 7.61. The van der Waals surface area contributed by atoms with Crippen LogP contribution in [-0.4, -0.2) is 17.1 Å². The Balaban J connectivity index is 2.67. The first kappa shape index (κ1) is 11.2. The van der Waals surface area contributed by atoms with Crippen LogP contribution in [0.3, 0.4) is 0 Å². The summed E-state index contributed by atoms with van der Waals surface area (Å²) in [4.78, 5) is 5.96. The maximum absolute atomic E-state index is 6.03. The van der Waals surface area contributed by atoms with Gasteiger partial charge in [-0.05, 0) is 36.8 Å². The zero-order valence-electron chi connectivity index (χ0n) is 8.93. The van der Waals surface area contributed by atoms with Crippen LogP contribution in [0, 0.1) is 11.7 Å². The molecule has 0 aliphatic rings. The van der Waals surface area contributed by atoms with Gasteiger partial charge >= 0.3 is 0 Å². The van der Waals surface area contributed by atoms with E-state index >= 15 is 0 Å². The molecule has 2 aromatic rings. The Kier molecular flexibility index (Phi) is 3.03. The Hall–Kier alpha value is -1.26. The van der Waals surface area contributed by atoms with E-state index in [1.165, 1.54) is 0 Å². The fraction of sp³-hybridized carbons (Fsp3) is 0.182. The molecule has 0 saturated carbocycles. The molecule has 2 N–H and O–H groups in total. The summed E-state index contributed by atoms with van der Waals surface area (Å²) in [6, 6.07) is 3.72. The van der Waals surface area contributed by atoms with Gasteiger partial charge in [0.05, 0.1) is 12.8 Å². The molecule has 5 heteroatoms. The van der Waals surface area contributed by atoms with Crippen LogP contribution in [0.15, 0.2) is 18.3 Å². The highest BCUT2D eigenvalue weighted by Crippen LogP contribution is 2.34. The molecule has 84 valence electrons. The van der Waals surface area contributed by atoms with Crippen molar-refractivity contribution in [3.05, 3.63) is 33.7 Å². The van der Waals surface area contributed by atoms with Crippen LogP contribution in [0.25, 0.3) is 11.3 Å². The number of hydrogen-bond acceptors (Lipinski definition) is 2. The van der Waals surface area contributed by atoms with Gasteiger partial charge in [-0.2, -0.15) is 0 Å². The van der Waals surface area contributed by atoms with Gasteiger partial charge in [-0.15, -0.1) is 0 Å². The minimum Gasteiger partial charge on any atom is -0.496 e.